The average molecular weight is 290 g/mol. The van der Waals surface area contributed by atoms with Crippen LogP contribution in [0.15, 0.2) is 12.3 Å². The number of aromatic carboxylic acids is 1. The smallest absolute Gasteiger partial charge is 0.338 e. The van der Waals surface area contributed by atoms with Crippen LogP contribution in [0.1, 0.15) is 17.3 Å². The number of anilines is 2. The van der Waals surface area contributed by atoms with Crippen molar-refractivity contribution in [1.29, 1.82) is 0 Å². The molecular formula is C13H18N6O2. The van der Waals surface area contributed by atoms with Crippen molar-refractivity contribution in [2.45, 2.75) is 6.92 Å². The summed E-state index contributed by atoms with van der Waals surface area (Å²) in [6.07, 6.45) is 1.70. The molecule has 1 saturated heterocycles. The van der Waals surface area contributed by atoms with Crippen LogP contribution in [0.2, 0.25) is 0 Å². The van der Waals surface area contributed by atoms with Gasteiger partial charge in [-0.3, -0.25) is 0 Å². The number of hydrogen-bond donors (Lipinski definition) is 2. The predicted molar refractivity (Wildman–Crippen MR) is 78.7 cm³/mol. The maximum atomic E-state index is 11.5. The summed E-state index contributed by atoms with van der Waals surface area (Å²) >= 11 is 0. The Morgan fingerprint density at radius 1 is 1.38 bits per heavy atom. The number of carbonyl (C=O) groups is 1. The molecule has 3 N–H and O–H groups in total. The zero-order valence-electron chi connectivity index (χ0n) is 11.9. The van der Waals surface area contributed by atoms with Gasteiger partial charge in [0, 0.05) is 26.2 Å². The first-order valence-corrected chi connectivity index (χ1v) is 6.95. The lowest BCUT2D eigenvalue weighted by Crippen LogP contribution is -2.46. The van der Waals surface area contributed by atoms with E-state index in [4.69, 9.17) is 5.73 Å². The fourth-order valence-corrected chi connectivity index (χ4v) is 2.66. The molecule has 3 heterocycles. The molecule has 2 aromatic rings. The SMILES string of the molecule is CCN1CCN(c2cn3nc(N)nc3cc2C(=O)O)CC1. The first kappa shape index (κ1) is 13.6. The van der Waals surface area contributed by atoms with E-state index in [0.29, 0.717) is 11.3 Å². The third kappa shape index (κ3) is 2.49. The van der Waals surface area contributed by atoms with Crippen molar-refractivity contribution in [3.8, 4) is 0 Å². The molecule has 21 heavy (non-hydrogen) atoms. The number of nitrogens with two attached hydrogens (primary N) is 1. The van der Waals surface area contributed by atoms with E-state index in [-0.39, 0.29) is 11.5 Å². The number of hydrogen-bond acceptors (Lipinski definition) is 6. The molecule has 8 nitrogen and oxygen atoms in total. The Morgan fingerprint density at radius 2 is 2.10 bits per heavy atom. The maximum absolute atomic E-state index is 11.5. The molecular weight excluding hydrogens is 272 g/mol. The molecule has 1 fully saturated rings. The molecule has 0 amide bonds. The highest BCUT2D eigenvalue weighted by atomic mass is 16.4. The van der Waals surface area contributed by atoms with Crippen LogP contribution in [0.4, 0.5) is 11.6 Å². The van der Waals surface area contributed by atoms with Gasteiger partial charge in [0.2, 0.25) is 5.95 Å². The van der Waals surface area contributed by atoms with Crippen molar-refractivity contribution in [2.24, 2.45) is 0 Å². The first-order valence-electron chi connectivity index (χ1n) is 6.95. The number of aromatic nitrogens is 3. The van der Waals surface area contributed by atoms with Crippen LogP contribution < -0.4 is 10.6 Å². The normalized spacial score (nSPS) is 16.5. The second-order valence-electron chi connectivity index (χ2n) is 5.07. The molecule has 0 aliphatic carbocycles. The molecule has 0 saturated carbocycles. The first-order chi connectivity index (χ1) is 10.1. The third-order valence-corrected chi connectivity index (χ3v) is 3.86. The number of carboxylic acid groups (broad SMARTS) is 1. The summed E-state index contributed by atoms with van der Waals surface area (Å²) in [5.74, 6) is -0.828. The lowest BCUT2D eigenvalue weighted by atomic mass is 10.2. The molecule has 0 radical (unpaired) electrons. The quantitative estimate of drug-likeness (QED) is 0.830. The Hall–Kier alpha value is -2.35. The second-order valence-corrected chi connectivity index (χ2v) is 5.07. The summed E-state index contributed by atoms with van der Waals surface area (Å²) in [5.41, 5.74) is 6.91. The predicted octanol–water partition coefficient (Wildman–Crippen LogP) is 0.152. The van der Waals surface area contributed by atoms with Crippen LogP contribution in [-0.4, -0.2) is 63.3 Å². The van der Waals surface area contributed by atoms with Crippen LogP contribution in [-0.2, 0) is 0 Å². The van der Waals surface area contributed by atoms with Gasteiger partial charge in [-0.05, 0) is 12.6 Å². The van der Waals surface area contributed by atoms with E-state index < -0.39 is 5.97 Å². The number of nitrogen functional groups attached to an aromatic ring is 1. The van der Waals surface area contributed by atoms with Crippen molar-refractivity contribution >= 4 is 23.3 Å². The zero-order valence-corrected chi connectivity index (χ0v) is 11.9. The summed E-state index contributed by atoms with van der Waals surface area (Å²) in [7, 11) is 0. The summed E-state index contributed by atoms with van der Waals surface area (Å²) in [6, 6.07) is 1.52. The van der Waals surface area contributed by atoms with E-state index in [9.17, 15) is 9.90 Å². The Morgan fingerprint density at radius 3 is 2.71 bits per heavy atom. The summed E-state index contributed by atoms with van der Waals surface area (Å²) in [6.45, 7) is 6.58. The summed E-state index contributed by atoms with van der Waals surface area (Å²) < 4.78 is 1.53. The fraction of sp³-hybridized carbons (Fsp3) is 0.462. The van der Waals surface area contributed by atoms with Crippen molar-refractivity contribution in [3.63, 3.8) is 0 Å². The lowest BCUT2D eigenvalue weighted by Gasteiger charge is -2.35. The minimum Gasteiger partial charge on any atom is -0.478 e. The molecule has 0 bridgehead atoms. The van der Waals surface area contributed by atoms with Gasteiger partial charge in [0.15, 0.2) is 5.65 Å². The van der Waals surface area contributed by atoms with E-state index in [1.807, 2.05) is 0 Å². The number of rotatable bonds is 3. The molecule has 0 aromatic carbocycles. The largest absolute Gasteiger partial charge is 0.478 e. The molecule has 3 rings (SSSR count). The monoisotopic (exact) mass is 290 g/mol. The molecule has 1 aliphatic heterocycles. The van der Waals surface area contributed by atoms with Crippen LogP contribution in [0.5, 0.6) is 0 Å². The van der Waals surface area contributed by atoms with Gasteiger partial charge in [-0.25, -0.2) is 9.31 Å². The summed E-state index contributed by atoms with van der Waals surface area (Å²) in [5, 5.41) is 13.5. The summed E-state index contributed by atoms with van der Waals surface area (Å²) in [4.78, 5) is 19.9. The average Bonchev–Trinajstić information content (AvgIpc) is 2.85. The van der Waals surface area contributed by atoms with Crippen molar-refractivity contribution < 1.29 is 9.90 Å². The molecule has 1 aliphatic rings. The highest BCUT2D eigenvalue weighted by molar-refractivity contribution is 5.95. The van der Waals surface area contributed by atoms with Gasteiger partial charge in [-0.15, -0.1) is 5.10 Å². The number of pyridine rings is 1. The molecule has 0 spiro atoms. The van der Waals surface area contributed by atoms with E-state index in [0.717, 1.165) is 32.7 Å². The number of likely N-dealkylation sites (N-methyl/N-ethyl adjacent to an activating group) is 1. The molecule has 8 heteroatoms. The van der Waals surface area contributed by atoms with Gasteiger partial charge in [-0.2, -0.15) is 4.98 Å². The fourth-order valence-electron chi connectivity index (χ4n) is 2.66. The van der Waals surface area contributed by atoms with Crippen LogP contribution >= 0.6 is 0 Å². The van der Waals surface area contributed by atoms with E-state index >= 15 is 0 Å². The van der Waals surface area contributed by atoms with Gasteiger partial charge in [0.25, 0.3) is 0 Å². The van der Waals surface area contributed by atoms with E-state index in [2.05, 4.69) is 26.8 Å². The van der Waals surface area contributed by atoms with Crippen molar-refractivity contribution in [2.75, 3.05) is 43.4 Å². The molecule has 0 atom stereocenters. The van der Waals surface area contributed by atoms with Gasteiger partial charge in [0.05, 0.1) is 17.4 Å². The Bertz CT molecular complexity index is 675. The van der Waals surface area contributed by atoms with Crippen LogP contribution in [0.3, 0.4) is 0 Å². The van der Waals surface area contributed by atoms with Gasteiger partial charge in [-0.1, -0.05) is 6.92 Å². The molecule has 2 aromatic heterocycles. The van der Waals surface area contributed by atoms with Gasteiger partial charge in [0.1, 0.15) is 0 Å². The zero-order chi connectivity index (χ0) is 15.0. The second kappa shape index (κ2) is 5.21. The third-order valence-electron chi connectivity index (χ3n) is 3.86. The van der Waals surface area contributed by atoms with Gasteiger partial charge < -0.3 is 20.6 Å². The molecule has 0 unspecified atom stereocenters. The standard InChI is InChI=1S/C13H18N6O2/c1-2-17-3-5-18(6-4-17)10-8-19-11(15-13(14)16-19)7-9(10)12(20)21/h7-8H,2-6H2,1H3,(H2,14,16)(H,20,21). The topological polar surface area (TPSA) is 100.0 Å². The Labute approximate surface area is 121 Å². The number of piperazine rings is 1. The number of nitrogens with zero attached hydrogens (tertiary/aromatic N) is 5. The van der Waals surface area contributed by atoms with E-state index in [1.54, 1.807) is 6.20 Å². The van der Waals surface area contributed by atoms with Crippen LogP contribution in [0.25, 0.3) is 5.65 Å². The van der Waals surface area contributed by atoms with Crippen molar-refractivity contribution in [3.05, 3.63) is 17.8 Å². The molecule has 112 valence electrons. The number of fused-ring (bicyclic) bond motifs is 1. The minimum absolute atomic E-state index is 0.138. The Kier molecular flexibility index (Phi) is 3.38. The van der Waals surface area contributed by atoms with Crippen LogP contribution in [0, 0.1) is 0 Å². The van der Waals surface area contributed by atoms with Crippen molar-refractivity contribution in [1.82, 2.24) is 19.5 Å². The highest BCUT2D eigenvalue weighted by Gasteiger charge is 2.22. The van der Waals surface area contributed by atoms with E-state index in [1.165, 1.54) is 10.6 Å². The highest BCUT2D eigenvalue weighted by Crippen LogP contribution is 2.23. The number of carboxylic acids is 1. The maximum Gasteiger partial charge on any atom is 0.338 e. The minimum atomic E-state index is -0.966. The lowest BCUT2D eigenvalue weighted by molar-refractivity contribution is 0.0697. The van der Waals surface area contributed by atoms with Gasteiger partial charge >= 0.3 is 5.97 Å². The Balaban J connectivity index is 1.99.